The minimum atomic E-state index is 0.397. The molecule has 0 aliphatic carbocycles. The van der Waals surface area contributed by atoms with Crippen molar-refractivity contribution in [3.05, 3.63) is 121 Å². The lowest BCUT2D eigenvalue weighted by atomic mass is 9.97. The van der Waals surface area contributed by atoms with Gasteiger partial charge in [-0.05, 0) is 54.0 Å². The van der Waals surface area contributed by atoms with Crippen LogP contribution in [0.15, 0.2) is 115 Å². The fraction of sp³-hybridized carbons (Fsp3) is 0.143. The van der Waals surface area contributed by atoms with E-state index in [0.717, 1.165) is 58.2 Å². The molecule has 172 valence electrons. The van der Waals surface area contributed by atoms with E-state index < -0.39 is 0 Å². The predicted octanol–water partition coefficient (Wildman–Crippen LogP) is 5.11. The highest BCUT2D eigenvalue weighted by Crippen LogP contribution is 2.28. The van der Waals surface area contributed by atoms with Gasteiger partial charge in [0.05, 0.1) is 12.9 Å². The molecule has 0 saturated carbocycles. The fourth-order valence-corrected chi connectivity index (χ4v) is 3.64. The number of ether oxygens (including phenoxy) is 1. The standard InChI is InChI=1S/C28H29N5O/c1-4-5-6-26(17-21(2)3)34-19-24-18-23(28-30-13-14-31-32-28)9-12-27(24)22-7-10-25(11-8-22)33-16-15-29-20-33/h4-12,15-18,20,31H,1-2,13-14,19H2,3H3,(H,30,32)/b6-5-,26-17+. The molecule has 0 spiro atoms. The maximum absolute atomic E-state index is 6.21. The Kier molecular flexibility index (Phi) is 7.53. The van der Waals surface area contributed by atoms with Gasteiger partial charge in [-0.3, -0.25) is 4.99 Å². The van der Waals surface area contributed by atoms with Crippen molar-refractivity contribution in [1.82, 2.24) is 20.4 Å². The number of aliphatic imine (C=N–C) groups is 1. The van der Waals surface area contributed by atoms with Crippen molar-refractivity contribution >= 4 is 5.84 Å². The fourth-order valence-electron chi connectivity index (χ4n) is 3.64. The summed E-state index contributed by atoms with van der Waals surface area (Å²) in [6, 6.07) is 14.8. The lowest BCUT2D eigenvalue weighted by molar-refractivity contribution is 0.211. The van der Waals surface area contributed by atoms with E-state index in [1.807, 2.05) is 35.9 Å². The average Bonchev–Trinajstić information content (AvgIpc) is 3.41. The van der Waals surface area contributed by atoms with Crippen molar-refractivity contribution in [3.63, 3.8) is 0 Å². The van der Waals surface area contributed by atoms with Gasteiger partial charge >= 0.3 is 0 Å². The molecule has 2 N–H and O–H groups in total. The first kappa shape index (κ1) is 23.0. The Morgan fingerprint density at radius 1 is 1.18 bits per heavy atom. The van der Waals surface area contributed by atoms with E-state index in [4.69, 9.17) is 4.74 Å². The van der Waals surface area contributed by atoms with E-state index in [9.17, 15) is 0 Å². The first-order valence-corrected chi connectivity index (χ1v) is 11.2. The van der Waals surface area contributed by atoms with Crippen LogP contribution < -0.4 is 10.9 Å². The summed E-state index contributed by atoms with van der Waals surface area (Å²) in [6.45, 7) is 11.6. The van der Waals surface area contributed by atoms with Crippen LogP contribution in [0.25, 0.3) is 16.8 Å². The van der Waals surface area contributed by atoms with Crippen molar-refractivity contribution in [2.75, 3.05) is 13.1 Å². The summed E-state index contributed by atoms with van der Waals surface area (Å²) in [5.74, 6) is 1.56. The summed E-state index contributed by atoms with van der Waals surface area (Å²) in [5, 5.41) is 0. The topological polar surface area (TPSA) is 63.5 Å². The van der Waals surface area contributed by atoms with Crippen molar-refractivity contribution in [3.8, 4) is 16.8 Å². The SMILES string of the molecule is C=C/C=C\C(=C/C(=C)C)OCc1cc(C2=NCCNN2)ccc1-c1ccc(-n2ccnc2)cc1. The second-order valence-electron chi connectivity index (χ2n) is 7.95. The van der Waals surface area contributed by atoms with Gasteiger partial charge in [0.1, 0.15) is 18.2 Å². The van der Waals surface area contributed by atoms with E-state index in [0.29, 0.717) is 6.61 Å². The van der Waals surface area contributed by atoms with Crippen LogP contribution in [0.5, 0.6) is 0 Å². The molecule has 2 aromatic carbocycles. The summed E-state index contributed by atoms with van der Waals surface area (Å²) < 4.78 is 8.19. The Morgan fingerprint density at radius 2 is 2.00 bits per heavy atom. The van der Waals surface area contributed by atoms with Crippen LogP contribution in [0.1, 0.15) is 18.1 Å². The average molecular weight is 452 g/mol. The molecule has 1 aromatic heterocycles. The Morgan fingerprint density at radius 3 is 2.68 bits per heavy atom. The molecule has 0 atom stereocenters. The number of benzene rings is 2. The second-order valence-corrected chi connectivity index (χ2v) is 7.95. The van der Waals surface area contributed by atoms with Crippen molar-refractivity contribution in [2.45, 2.75) is 13.5 Å². The zero-order chi connectivity index (χ0) is 23.8. The van der Waals surface area contributed by atoms with Crippen LogP contribution in [0.2, 0.25) is 0 Å². The Hall–Kier alpha value is -4.16. The Labute approximate surface area is 200 Å². The number of hydrogen-bond acceptors (Lipinski definition) is 5. The second kappa shape index (κ2) is 11.1. The van der Waals surface area contributed by atoms with E-state index >= 15 is 0 Å². The molecule has 2 heterocycles. The maximum Gasteiger partial charge on any atom is 0.142 e. The molecule has 6 heteroatoms. The van der Waals surface area contributed by atoms with Gasteiger partial charge in [-0.15, -0.1) is 0 Å². The molecule has 0 radical (unpaired) electrons. The number of imidazole rings is 1. The molecule has 1 aliphatic heterocycles. The number of aromatic nitrogens is 2. The van der Waals surface area contributed by atoms with Crippen LogP contribution in [0.3, 0.4) is 0 Å². The van der Waals surface area contributed by atoms with Crippen LogP contribution in [-0.2, 0) is 11.3 Å². The Balaban J connectivity index is 1.67. The van der Waals surface area contributed by atoms with Gasteiger partial charge in [-0.2, -0.15) is 0 Å². The largest absolute Gasteiger partial charge is 0.489 e. The van der Waals surface area contributed by atoms with Crippen LogP contribution in [-0.4, -0.2) is 28.5 Å². The first-order valence-electron chi connectivity index (χ1n) is 11.2. The molecular weight excluding hydrogens is 422 g/mol. The molecule has 0 saturated heterocycles. The molecule has 6 nitrogen and oxygen atoms in total. The zero-order valence-corrected chi connectivity index (χ0v) is 19.4. The Bertz CT molecular complexity index is 1230. The molecule has 34 heavy (non-hydrogen) atoms. The van der Waals surface area contributed by atoms with Gasteiger partial charge in [-0.1, -0.05) is 55.1 Å². The minimum Gasteiger partial charge on any atom is -0.489 e. The zero-order valence-electron chi connectivity index (χ0n) is 19.4. The van der Waals surface area contributed by atoms with Crippen molar-refractivity contribution in [2.24, 2.45) is 4.99 Å². The number of rotatable bonds is 9. The highest BCUT2D eigenvalue weighted by molar-refractivity contribution is 5.99. The lowest BCUT2D eigenvalue weighted by Gasteiger charge is -2.18. The number of amidine groups is 1. The van der Waals surface area contributed by atoms with Gasteiger partial charge in [0.25, 0.3) is 0 Å². The third-order valence-electron chi connectivity index (χ3n) is 5.25. The summed E-state index contributed by atoms with van der Waals surface area (Å²) in [5.41, 5.74) is 12.6. The van der Waals surface area contributed by atoms with E-state index in [1.165, 1.54) is 0 Å². The molecule has 0 unspecified atom stereocenters. The maximum atomic E-state index is 6.21. The van der Waals surface area contributed by atoms with Crippen molar-refractivity contribution in [1.29, 1.82) is 0 Å². The third kappa shape index (κ3) is 5.79. The molecule has 4 rings (SSSR count). The highest BCUT2D eigenvalue weighted by atomic mass is 16.5. The number of allylic oxidation sites excluding steroid dienone is 5. The first-order chi connectivity index (χ1) is 16.6. The summed E-state index contributed by atoms with van der Waals surface area (Å²) in [4.78, 5) is 8.74. The van der Waals surface area contributed by atoms with Crippen molar-refractivity contribution < 1.29 is 4.74 Å². The van der Waals surface area contributed by atoms with E-state index in [-0.39, 0.29) is 0 Å². The molecule has 1 aliphatic rings. The number of hydrazine groups is 1. The molecular formula is C28H29N5O. The third-order valence-corrected chi connectivity index (χ3v) is 5.25. The van der Waals surface area contributed by atoms with Crippen LogP contribution in [0, 0.1) is 0 Å². The lowest BCUT2D eigenvalue weighted by Crippen LogP contribution is -2.43. The van der Waals surface area contributed by atoms with Gasteiger partial charge in [0.15, 0.2) is 0 Å². The molecule has 0 bridgehead atoms. The quantitative estimate of drug-likeness (QED) is 0.350. The molecule has 0 amide bonds. The van der Waals surface area contributed by atoms with Crippen LogP contribution in [0.4, 0.5) is 0 Å². The van der Waals surface area contributed by atoms with E-state index in [2.05, 4.69) is 76.5 Å². The highest BCUT2D eigenvalue weighted by Gasteiger charge is 2.13. The van der Waals surface area contributed by atoms with Crippen LogP contribution >= 0.6 is 0 Å². The number of nitrogens with one attached hydrogen (secondary N) is 2. The minimum absolute atomic E-state index is 0.397. The normalized spacial score (nSPS) is 13.9. The van der Waals surface area contributed by atoms with Gasteiger partial charge in [-0.25, -0.2) is 10.4 Å². The number of hydrogen-bond donors (Lipinski definition) is 2. The summed E-state index contributed by atoms with van der Waals surface area (Å²) in [6.07, 6.45) is 12.9. The summed E-state index contributed by atoms with van der Waals surface area (Å²) in [7, 11) is 0. The van der Waals surface area contributed by atoms with E-state index in [1.54, 1.807) is 18.6 Å². The summed E-state index contributed by atoms with van der Waals surface area (Å²) >= 11 is 0. The predicted molar refractivity (Wildman–Crippen MR) is 139 cm³/mol. The van der Waals surface area contributed by atoms with Gasteiger partial charge in [0, 0.05) is 30.2 Å². The van der Waals surface area contributed by atoms with Gasteiger partial charge < -0.3 is 14.7 Å². The molecule has 0 fully saturated rings. The smallest absolute Gasteiger partial charge is 0.142 e. The van der Waals surface area contributed by atoms with Gasteiger partial charge in [0.2, 0.25) is 0 Å². The molecule has 3 aromatic rings. The monoisotopic (exact) mass is 451 g/mol. The number of nitrogens with zero attached hydrogens (tertiary/aromatic N) is 3.